The average Bonchev–Trinajstić information content (AvgIpc) is 3.07. The summed E-state index contributed by atoms with van der Waals surface area (Å²) in [6.45, 7) is 7.98. The van der Waals surface area contributed by atoms with Gasteiger partial charge in [-0.2, -0.15) is 4.31 Å². The molecule has 0 bridgehead atoms. The number of nitrogens with zero attached hydrogens (tertiary/aromatic N) is 5. The van der Waals surface area contributed by atoms with Gasteiger partial charge in [0.1, 0.15) is 10.6 Å². The largest absolute Gasteiger partial charge is 0.360 e. The van der Waals surface area contributed by atoms with Crippen molar-refractivity contribution in [2.75, 3.05) is 18.4 Å². The van der Waals surface area contributed by atoms with E-state index in [-0.39, 0.29) is 10.8 Å². The van der Waals surface area contributed by atoms with Crippen molar-refractivity contribution >= 4 is 21.7 Å². The first-order valence-corrected chi connectivity index (χ1v) is 11.7. The number of sulfonamides is 1. The SMILES string of the molecule is Cc1cc(C)nc(Nc2ccc([C@H]3CCCN(S(=O)(=O)c4c(C)noc4C)C3)nc2)n1. The number of hydrogen-bond acceptors (Lipinski definition) is 8. The molecule has 3 aromatic rings. The first kappa shape index (κ1) is 21.4. The number of rotatable bonds is 5. The van der Waals surface area contributed by atoms with Gasteiger partial charge in [-0.25, -0.2) is 18.4 Å². The van der Waals surface area contributed by atoms with Gasteiger partial charge in [-0.05, 0) is 58.7 Å². The summed E-state index contributed by atoms with van der Waals surface area (Å²) in [6, 6.07) is 5.77. The van der Waals surface area contributed by atoms with Crippen LogP contribution in [-0.4, -0.2) is 45.9 Å². The maximum absolute atomic E-state index is 13.2. The molecule has 31 heavy (non-hydrogen) atoms. The minimum Gasteiger partial charge on any atom is -0.360 e. The van der Waals surface area contributed by atoms with Crippen LogP contribution in [0.4, 0.5) is 11.6 Å². The second-order valence-electron chi connectivity index (χ2n) is 7.93. The molecule has 1 saturated heterocycles. The van der Waals surface area contributed by atoms with E-state index in [1.54, 1.807) is 20.0 Å². The smallest absolute Gasteiger partial charge is 0.248 e. The number of anilines is 2. The van der Waals surface area contributed by atoms with Gasteiger partial charge in [0.25, 0.3) is 0 Å². The quantitative estimate of drug-likeness (QED) is 0.639. The zero-order valence-corrected chi connectivity index (χ0v) is 18.9. The fourth-order valence-electron chi connectivity index (χ4n) is 4.01. The van der Waals surface area contributed by atoms with Gasteiger partial charge in [-0.3, -0.25) is 4.98 Å². The summed E-state index contributed by atoms with van der Waals surface area (Å²) in [5.74, 6) is 0.874. The maximum Gasteiger partial charge on any atom is 0.248 e. The van der Waals surface area contributed by atoms with E-state index in [2.05, 4.69) is 25.4 Å². The van der Waals surface area contributed by atoms with Crippen LogP contribution in [0.15, 0.2) is 33.8 Å². The van der Waals surface area contributed by atoms with Gasteiger partial charge in [0, 0.05) is 36.1 Å². The lowest BCUT2D eigenvalue weighted by molar-refractivity contribution is 0.312. The van der Waals surface area contributed by atoms with E-state index in [4.69, 9.17) is 4.52 Å². The highest BCUT2D eigenvalue weighted by Crippen LogP contribution is 2.31. The van der Waals surface area contributed by atoms with Crippen LogP contribution in [0.2, 0.25) is 0 Å². The monoisotopic (exact) mass is 442 g/mol. The molecule has 1 fully saturated rings. The Morgan fingerprint density at radius 1 is 1.13 bits per heavy atom. The Kier molecular flexibility index (Phi) is 5.76. The van der Waals surface area contributed by atoms with Crippen molar-refractivity contribution in [3.05, 3.63) is 52.9 Å². The number of aryl methyl sites for hydroxylation is 4. The number of pyridine rings is 1. The van der Waals surface area contributed by atoms with Crippen molar-refractivity contribution in [2.45, 2.75) is 51.3 Å². The molecule has 1 atom stereocenters. The van der Waals surface area contributed by atoms with Crippen LogP contribution in [-0.2, 0) is 10.0 Å². The molecule has 0 aromatic carbocycles. The number of aromatic nitrogens is 4. The summed E-state index contributed by atoms with van der Waals surface area (Å²) >= 11 is 0. The number of nitrogens with one attached hydrogen (secondary N) is 1. The summed E-state index contributed by atoms with van der Waals surface area (Å²) in [6.07, 6.45) is 3.39. The Hall–Kier alpha value is -2.85. The summed E-state index contributed by atoms with van der Waals surface area (Å²) in [5, 5.41) is 6.97. The van der Waals surface area contributed by atoms with Crippen molar-refractivity contribution in [1.82, 2.24) is 24.4 Å². The van der Waals surface area contributed by atoms with E-state index in [9.17, 15) is 8.42 Å². The minimum absolute atomic E-state index is 0.0236. The molecular weight excluding hydrogens is 416 g/mol. The maximum atomic E-state index is 13.2. The highest BCUT2D eigenvalue weighted by atomic mass is 32.2. The van der Waals surface area contributed by atoms with Crippen molar-refractivity contribution < 1.29 is 12.9 Å². The highest BCUT2D eigenvalue weighted by Gasteiger charge is 2.35. The van der Waals surface area contributed by atoms with Crippen LogP contribution in [0.25, 0.3) is 0 Å². The molecule has 1 N–H and O–H groups in total. The molecule has 9 nitrogen and oxygen atoms in total. The van der Waals surface area contributed by atoms with Crippen LogP contribution in [0, 0.1) is 27.7 Å². The molecule has 1 aliphatic heterocycles. The fraction of sp³-hybridized carbons (Fsp3) is 0.429. The van der Waals surface area contributed by atoms with Crippen LogP contribution in [0.1, 0.15) is 47.3 Å². The van der Waals surface area contributed by atoms with E-state index in [0.29, 0.717) is 30.5 Å². The van der Waals surface area contributed by atoms with Gasteiger partial charge in [0.15, 0.2) is 5.76 Å². The molecule has 0 amide bonds. The van der Waals surface area contributed by atoms with Gasteiger partial charge in [0.05, 0.1) is 11.9 Å². The summed E-state index contributed by atoms with van der Waals surface area (Å²) in [7, 11) is -3.66. The van der Waals surface area contributed by atoms with Crippen LogP contribution in [0.3, 0.4) is 0 Å². The van der Waals surface area contributed by atoms with Crippen LogP contribution in [0.5, 0.6) is 0 Å². The molecule has 3 aromatic heterocycles. The van der Waals surface area contributed by atoms with Crippen LogP contribution < -0.4 is 5.32 Å². The minimum atomic E-state index is -3.66. The van der Waals surface area contributed by atoms with Crippen molar-refractivity contribution in [3.63, 3.8) is 0 Å². The molecule has 0 spiro atoms. The van der Waals surface area contributed by atoms with Gasteiger partial charge >= 0.3 is 0 Å². The van der Waals surface area contributed by atoms with Crippen molar-refractivity contribution in [1.29, 1.82) is 0 Å². The molecule has 0 radical (unpaired) electrons. The number of piperidine rings is 1. The normalized spacial score (nSPS) is 17.6. The van der Waals surface area contributed by atoms with E-state index in [1.165, 1.54) is 4.31 Å². The van der Waals surface area contributed by atoms with Gasteiger partial charge < -0.3 is 9.84 Å². The molecule has 0 unspecified atom stereocenters. The molecule has 4 heterocycles. The van der Waals surface area contributed by atoms with Crippen molar-refractivity contribution in [2.24, 2.45) is 0 Å². The Balaban J connectivity index is 1.50. The predicted octanol–water partition coefficient (Wildman–Crippen LogP) is 3.41. The molecular formula is C21H26N6O3S. The second kappa shape index (κ2) is 8.35. The highest BCUT2D eigenvalue weighted by molar-refractivity contribution is 7.89. The molecule has 164 valence electrons. The Morgan fingerprint density at radius 3 is 2.48 bits per heavy atom. The lowest BCUT2D eigenvalue weighted by Gasteiger charge is -2.31. The molecule has 0 aliphatic carbocycles. The lowest BCUT2D eigenvalue weighted by Crippen LogP contribution is -2.39. The summed E-state index contributed by atoms with van der Waals surface area (Å²) in [5.41, 5.74) is 3.82. The third-order valence-corrected chi connectivity index (χ3v) is 7.50. The summed E-state index contributed by atoms with van der Waals surface area (Å²) in [4.78, 5) is 13.5. The van der Waals surface area contributed by atoms with E-state index in [1.807, 2.05) is 32.0 Å². The number of hydrogen-bond donors (Lipinski definition) is 1. The molecule has 4 rings (SSSR count). The Morgan fingerprint density at radius 2 is 1.87 bits per heavy atom. The second-order valence-corrected chi connectivity index (χ2v) is 9.80. The average molecular weight is 443 g/mol. The van der Waals surface area contributed by atoms with Gasteiger partial charge in [-0.15, -0.1) is 0 Å². The standard InChI is InChI=1S/C21H26N6O3S/c1-13-10-14(2)24-21(23-13)25-18-7-8-19(22-11-18)17-6-5-9-27(12-17)31(28,29)20-15(3)26-30-16(20)4/h7-8,10-11,17H,5-6,9,12H2,1-4H3,(H,23,24,25)/t17-/m0/s1. The lowest BCUT2D eigenvalue weighted by atomic mass is 9.95. The zero-order chi connectivity index (χ0) is 22.2. The van der Waals surface area contributed by atoms with E-state index < -0.39 is 10.0 Å². The predicted molar refractivity (Wildman–Crippen MR) is 116 cm³/mol. The van der Waals surface area contributed by atoms with E-state index in [0.717, 1.165) is 35.6 Å². The molecule has 0 saturated carbocycles. The first-order chi connectivity index (χ1) is 14.7. The van der Waals surface area contributed by atoms with E-state index >= 15 is 0 Å². The fourth-order valence-corrected chi connectivity index (χ4v) is 5.82. The molecule has 10 heteroatoms. The van der Waals surface area contributed by atoms with Gasteiger partial charge in [0.2, 0.25) is 16.0 Å². The molecule has 1 aliphatic rings. The Labute approximate surface area is 182 Å². The Bertz CT molecular complexity index is 1150. The van der Waals surface area contributed by atoms with Crippen LogP contribution >= 0.6 is 0 Å². The topological polar surface area (TPSA) is 114 Å². The van der Waals surface area contributed by atoms with Crippen molar-refractivity contribution in [3.8, 4) is 0 Å². The first-order valence-electron chi connectivity index (χ1n) is 10.2. The third-order valence-electron chi connectivity index (χ3n) is 5.39. The van der Waals surface area contributed by atoms with Gasteiger partial charge in [-0.1, -0.05) is 5.16 Å². The third kappa shape index (κ3) is 4.45. The summed E-state index contributed by atoms with van der Waals surface area (Å²) < 4.78 is 32.9. The zero-order valence-electron chi connectivity index (χ0n) is 18.1.